The molecule has 0 aliphatic carbocycles. The van der Waals surface area contributed by atoms with E-state index < -0.39 is 125 Å². The number of aliphatic hydroxyl groups excluding tert-OH is 4. The molecule has 6 rings (SSSR count). The van der Waals surface area contributed by atoms with Gasteiger partial charge in [0.25, 0.3) is 0 Å². The van der Waals surface area contributed by atoms with Crippen molar-refractivity contribution in [1.29, 1.82) is 0 Å². The molecule has 0 aromatic heterocycles. The molecule has 5 unspecified atom stereocenters. The number of rotatable bonds is 24. The number of carboxylic acid groups (broad SMARTS) is 1. The van der Waals surface area contributed by atoms with Crippen LogP contribution in [0, 0.1) is 16.0 Å². The minimum absolute atomic E-state index is 0.00421. The van der Waals surface area contributed by atoms with E-state index in [2.05, 4.69) is 28.2 Å². The highest BCUT2D eigenvalue weighted by Crippen LogP contribution is 2.45. The number of hydrogen-bond donors (Lipinski definition) is 10. The molecule has 10 atom stereocenters. The molecule has 0 spiro atoms. The highest BCUT2D eigenvalue weighted by Gasteiger charge is 2.47. The van der Waals surface area contributed by atoms with Crippen LogP contribution in [-0.2, 0) is 41.6 Å². The van der Waals surface area contributed by atoms with E-state index in [1.807, 2.05) is 13.8 Å². The average molecular weight is 1040 g/mol. The number of nitro benzene ring substituents is 1. The Hall–Kier alpha value is -6.43. The molecule has 3 aromatic carbocycles. The number of fused-ring (bicyclic) bond motifs is 9. The first-order chi connectivity index (χ1) is 35.3. The van der Waals surface area contributed by atoms with Crippen LogP contribution >= 0.6 is 0 Å². The fourth-order valence-electron chi connectivity index (χ4n) is 8.91. The van der Waals surface area contributed by atoms with E-state index in [0.29, 0.717) is 12.0 Å². The molecule has 3 heterocycles. The van der Waals surface area contributed by atoms with Crippen molar-refractivity contribution in [2.45, 2.75) is 165 Å². The number of amides is 4. The van der Waals surface area contributed by atoms with Gasteiger partial charge in [-0.3, -0.25) is 29.3 Å². The number of methoxy groups -OCH3 is 1. The Kier molecular flexibility index (Phi) is 22.4. The standard InChI is InChI=1S/C52H72N6O16/c1-5-6-7-8-9-10-11-12-16-19-41(60)56-43-45(62)44(61)40(28-59)74-52(43)73-39-27-32-26-38(47(39)71-4)72-37-21-20-31(25-36(37)58(69)70)24-35(54-48(64)33(53)22-29(2)3)49(65)55-34(23-30-17-14-13-15-18-30)50(66)57-42(32)46(63)51(67)68/h13-15,17-18,20-21,25-27,29,33-35,40,42-46,52,59,61-63H,5-12,16,19,22-24,28,53H2,1-4H3,(H,54,64)(H,55,65)(H,56,60)(H,57,66)(H,67,68)/t33-,34+,35-,40?,42-,43?,44?,45?,46-,52?/m1/s1. The molecule has 0 radical (unpaired) electrons. The van der Waals surface area contributed by atoms with E-state index in [4.69, 9.17) is 24.7 Å². The van der Waals surface area contributed by atoms with Gasteiger partial charge in [-0.25, -0.2) is 4.79 Å². The van der Waals surface area contributed by atoms with Gasteiger partial charge in [-0.2, -0.15) is 0 Å². The number of hydrogen-bond acceptors (Lipinski definition) is 16. The first-order valence-electron chi connectivity index (χ1n) is 25.2. The van der Waals surface area contributed by atoms with Crippen LogP contribution in [-0.4, -0.2) is 129 Å². The third kappa shape index (κ3) is 16.3. The number of unbranched alkanes of at least 4 members (excludes halogenated alkanes) is 8. The molecule has 4 bridgehead atoms. The molecule has 22 heteroatoms. The Bertz CT molecular complexity index is 2370. The molecular formula is C52H72N6O16. The van der Waals surface area contributed by atoms with E-state index >= 15 is 0 Å². The van der Waals surface area contributed by atoms with E-state index in [1.54, 1.807) is 30.3 Å². The van der Waals surface area contributed by atoms with Crippen molar-refractivity contribution in [1.82, 2.24) is 21.3 Å². The summed E-state index contributed by atoms with van der Waals surface area (Å²) in [6, 6.07) is 6.91. The van der Waals surface area contributed by atoms with E-state index in [-0.39, 0.29) is 48.5 Å². The molecule has 74 heavy (non-hydrogen) atoms. The van der Waals surface area contributed by atoms with Gasteiger partial charge in [0.1, 0.15) is 36.4 Å². The van der Waals surface area contributed by atoms with Gasteiger partial charge in [0.2, 0.25) is 41.4 Å². The fraction of sp³-hybridized carbons (Fsp3) is 0.558. The molecule has 4 amide bonds. The topological polar surface area (TPSA) is 341 Å². The second-order valence-electron chi connectivity index (χ2n) is 19.2. The zero-order valence-electron chi connectivity index (χ0n) is 42.3. The van der Waals surface area contributed by atoms with Crippen LogP contribution in [0.5, 0.6) is 23.0 Å². The molecule has 0 saturated carbocycles. The quantitative estimate of drug-likeness (QED) is 0.0349. The number of carbonyl (C=O) groups excluding carboxylic acids is 4. The number of aliphatic hydroxyl groups is 4. The summed E-state index contributed by atoms with van der Waals surface area (Å²) in [5.74, 6) is -6.54. The smallest absolute Gasteiger partial charge is 0.335 e. The summed E-state index contributed by atoms with van der Waals surface area (Å²) in [6.07, 6.45) is -0.450. The molecule has 3 aliphatic heterocycles. The third-order valence-electron chi connectivity index (χ3n) is 12.9. The Morgan fingerprint density at radius 1 is 0.905 bits per heavy atom. The van der Waals surface area contributed by atoms with Gasteiger partial charge in [0.15, 0.2) is 17.6 Å². The Balaban J connectivity index is 1.61. The molecule has 3 aromatic rings. The minimum atomic E-state index is -2.45. The van der Waals surface area contributed by atoms with Gasteiger partial charge in [0, 0.05) is 25.3 Å². The zero-order valence-corrected chi connectivity index (χ0v) is 42.3. The predicted octanol–water partition coefficient (Wildman–Crippen LogP) is 3.36. The van der Waals surface area contributed by atoms with Gasteiger partial charge < -0.3 is 71.5 Å². The van der Waals surface area contributed by atoms with Crippen molar-refractivity contribution in [3.63, 3.8) is 0 Å². The molecule has 22 nitrogen and oxygen atoms in total. The molecular weight excluding hydrogens is 965 g/mol. The molecule has 3 aliphatic rings. The summed E-state index contributed by atoms with van der Waals surface area (Å²) in [6.45, 7) is 5.03. The Morgan fingerprint density at radius 3 is 2.20 bits per heavy atom. The fourth-order valence-corrected chi connectivity index (χ4v) is 8.91. The SMILES string of the molecule is CCCCCCCCCCCC(=O)NC1C(Oc2cc3cc(c2OC)Oc2ccc(cc2[N+](=O)[O-])C[C@@H](NC(=O)[C@H](N)CC(C)C)C(=O)N[C@@H](Cc2ccccc2)C(=O)N[C@H]3[C@@H](O)C(=O)O)OC(CO)C(O)C1O. The molecule has 1 saturated heterocycles. The largest absolute Gasteiger partial charge is 0.490 e. The van der Waals surface area contributed by atoms with Gasteiger partial charge in [0.05, 0.1) is 30.7 Å². The number of nitro groups is 1. The van der Waals surface area contributed by atoms with E-state index in [1.165, 1.54) is 32.1 Å². The van der Waals surface area contributed by atoms with Crippen LogP contribution in [0.1, 0.15) is 114 Å². The summed E-state index contributed by atoms with van der Waals surface area (Å²) >= 11 is 0. The molecule has 1 fully saturated rings. The van der Waals surface area contributed by atoms with Crippen molar-refractivity contribution < 1.29 is 73.4 Å². The first kappa shape index (κ1) is 58.5. The zero-order chi connectivity index (χ0) is 54.1. The second-order valence-corrected chi connectivity index (χ2v) is 19.2. The monoisotopic (exact) mass is 1040 g/mol. The highest BCUT2D eigenvalue weighted by molar-refractivity contribution is 5.93. The maximum Gasteiger partial charge on any atom is 0.335 e. The lowest BCUT2D eigenvalue weighted by Crippen LogP contribution is -2.65. The number of carbonyl (C=O) groups is 5. The van der Waals surface area contributed by atoms with Crippen LogP contribution in [0.4, 0.5) is 5.69 Å². The summed E-state index contributed by atoms with van der Waals surface area (Å²) in [7, 11) is 1.17. The number of nitrogens with one attached hydrogen (secondary N) is 4. The second kappa shape index (κ2) is 28.3. The van der Waals surface area contributed by atoms with Crippen LogP contribution in [0.2, 0.25) is 0 Å². The van der Waals surface area contributed by atoms with Gasteiger partial charge >= 0.3 is 11.7 Å². The van der Waals surface area contributed by atoms with Crippen molar-refractivity contribution in [3.8, 4) is 23.0 Å². The summed E-state index contributed by atoms with van der Waals surface area (Å²) in [5, 5.41) is 77.5. The molecule has 406 valence electrons. The van der Waals surface area contributed by atoms with Crippen molar-refractivity contribution in [2.24, 2.45) is 11.7 Å². The molecule has 11 N–H and O–H groups in total. The first-order valence-corrected chi connectivity index (χ1v) is 25.2. The lowest BCUT2D eigenvalue weighted by Gasteiger charge is -2.42. The Morgan fingerprint density at radius 2 is 1.58 bits per heavy atom. The Labute approximate surface area is 429 Å². The van der Waals surface area contributed by atoms with Crippen LogP contribution in [0.3, 0.4) is 0 Å². The summed E-state index contributed by atoms with van der Waals surface area (Å²) in [5.41, 5.74) is 5.98. The van der Waals surface area contributed by atoms with E-state index in [9.17, 15) is 59.6 Å². The number of benzene rings is 3. The maximum atomic E-state index is 14.6. The minimum Gasteiger partial charge on any atom is -0.490 e. The lowest BCUT2D eigenvalue weighted by atomic mass is 9.96. The van der Waals surface area contributed by atoms with E-state index in [0.717, 1.165) is 56.7 Å². The van der Waals surface area contributed by atoms with Crippen molar-refractivity contribution in [2.75, 3.05) is 13.7 Å². The third-order valence-corrected chi connectivity index (χ3v) is 12.9. The van der Waals surface area contributed by atoms with Crippen LogP contribution in [0.25, 0.3) is 0 Å². The number of ether oxygens (including phenoxy) is 4. The van der Waals surface area contributed by atoms with Gasteiger partial charge in [-0.15, -0.1) is 0 Å². The van der Waals surface area contributed by atoms with Crippen LogP contribution < -0.4 is 41.2 Å². The number of aliphatic carboxylic acids is 1. The maximum absolute atomic E-state index is 14.6. The van der Waals surface area contributed by atoms with Crippen LogP contribution in [0.15, 0.2) is 60.7 Å². The summed E-state index contributed by atoms with van der Waals surface area (Å²) < 4.78 is 24.2. The number of nitrogens with zero attached hydrogens (tertiary/aromatic N) is 1. The number of carboxylic acids is 1. The normalized spacial score (nSPS) is 22.9. The van der Waals surface area contributed by atoms with Gasteiger partial charge in [-0.05, 0) is 53.6 Å². The predicted molar refractivity (Wildman–Crippen MR) is 268 cm³/mol. The number of nitrogens with two attached hydrogens (primary N) is 1. The summed E-state index contributed by atoms with van der Waals surface area (Å²) in [4.78, 5) is 80.6. The average Bonchev–Trinajstić information content (AvgIpc) is 3.36. The van der Waals surface area contributed by atoms with Gasteiger partial charge in [-0.1, -0.05) is 109 Å². The van der Waals surface area contributed by atoms with Crippen molar-refractivity contribution in [3.05, 3.63) is 87.5 Å². The lowest BCUT2D eigenvalue weighted by molar-refractivity contribution is -0.385. The van der Waals surface area contributed by atoms with Crippen molar-refractivity contribution >= 4 is 35.3 Å². The highest BCUT2D eigenvalue weighted by atomic mass is 16.7.